The molecule has 2 atom stereocenters. The Labute approximate surface area is 143 Å². The van der Waals surface area contributed by atoms with E-state index in [2.05, 4.69) is 11.6 Å². The summed E-state index contributed by atoms with van der Waals surface area (Å²) in [5.41, 5.74) is 0. The van der Waals surface area contributed by atoms with Crippen LogP contribution in [-0.4, -0.2) is 44.6 Å². The van der Waals surface area contributed by atoms with Gasteiger partial charge >= 0.3 is 0 Å². The van der Waals surface area contributed by atoms with Gasteiger partial charge in [-0.15, -0.1) is 0 Å². The van der Waals surface area contributed by atoms with Gasteiger partial charge in [0.25, 0.3) is 0 Å². The van der Waals surface area contributed by atoms with E-state index >= 15 is 0 Å². The van der Waals surface area contributed by atoms with Gasteiger partial charge in [0.15, 0.2) is 0 Å². The van der Waals surface area contributed by atoms with Crippen LogP contribution in [0.2, 0.25) is 0 Å². The van der Waals surface area contributed by atoms with Crippen LogP contribution in [0.3, 0.4) is 0 Å². The Bertz CT molecular complexity index is 730. The lowest BCUT2D eigenvalue weighted by molar-refractivity contribution is -0.126. The molecule has 2 aliphatic rings. The molecule has 1 aromatic rings. The molecule has 1 aliphatic heterocycles. The second kappa shape index (κ2) is 6.72. The first kappa shape index (κ1) is 17.2. The number of amides is 1. The normalized spacial score (nSPS) is 25.3. The maximum Gasteiger partial charge on any atom is 0.246 e. The minimum absolute atomic E-state index is 0.0643. The molecule has 6 nitrogen and oxygen atoms in total. The fourth-order valence-corrected chi connectivity index (χ4v) is 4.00. The summed E-state index contributed by atoms with van der Waals surface area (Å²) in [6, 6.07) is 3.80. The van der Waals surface area contributed by atoms with Crippen molar-refractivity contribution in [3.05, 3.63) is 29.7 Å². The summed E-state index contributed by atoms with van der Waals surface area (Å²) in [6.07, 6.45) is 6.84. The Balaban J connectivity index is 1.49. The molecule has 2 heterocycles. The van der Waals surface area contributed by atoms with Crippen LogP contribution in [0.5, 0.6) is 0 Å². The molecule has 24 heavy (non-hydrogen) atoms. The molecule has 1 saturated carbocycles. The number of likely N-dealkylation sites (tertiary alicyclic amines) is 1. The molecule has 1 amide bonds. The monoisotopic (exact) mass is 352 g/mol. The smallest absolute Gasteiger partial charge is 0.246 e. The number of carbonyl (C=O) groups is 1. The van der Waals surface area contributed by atoms with Crippen LogP contribution in [0.4, 0.5) is 0 Å². The summed E-state index contributed by atoms with van der Waals surface area (Å²) in [4.78, 5) is 14.0. The maximum atomic E-state index is 12.2. The molecule has 0 spiro atoms. The fourth-order valence-electron chi connectivity index (χ4n) is 3.16. The Morgan fingerprint density at radius 1 is 1.33 bits per heavy atom. The van der Waals surface area contributed by atoms with Gasteiger partial charge in [-0.3, -0.25) is 4.79 Å². The average molecular weight is 352 g/mol. The summed E-state index contributed by atoms with van der Waals surface area (Å²) in [5, 5.41) is 0. The minimum atomic E-state index is -3.19. The summed E-state index contributed by atoms with van der Waals surface area (Å²) < 4.78 is 30.8. The van der Waals surface area contributed by atoms with E-state index in [0.29, 0.717) is 43.5 Å². The maximum absolute atomic E-state index is 12.2. The molecule has 0 bridgehead atoms. The molecule has 3 rings (SSSR count). The SMILES string of the molecule is CC1CC1c1ccc(/C=C/C(=O)N2CCC(NS(C)(=O)=O)CC2)o1. The van der Waals surface area contributed by atoms with Gasteiger partial charge in [0.05, 0.1) is 6.26 Å². The molecule has 2 fully saturated rings. The average Bonchev–Trinajstić information content (AvgIpc) is 3.06. The first-order chi connectivity index (χ1) is 11.3. The van der Waals surface area contributed by atoms with Crippen molar-refractivity contribution in [3.63, 3.8) is 0 Å². The van der Waals surface area contributed by atoms with Crippen LogP contribution in [0.15, 0.2) is 22.6 Å². The zero-order chi connectivity index (χ0) is 17.3. The third-order valence-electron chi connectivity index (χ3n) is 4.70. The van der Waals surface area contributed by atoms with Gasteiger partial charge in [-0.25, -0.2) is 13.1 Å². The molecular weight excluding hydrogens is 328 g/mol. The van der Waals surface area contributed by atoms with Crippen LogP contribution >= 0.6 is 0 Å². The fraction of sp³-hybridized carbons (Fsp3) is 0.588. The van der Waals surface area contributed by atoms with Crippen molar-refractivity contribution in [1.82, 2.24) is 9.62 Å². The van der Waals surface area contributed by atoms with E-state index in [0.717, 1.165) is 12.0 Å². The Kier molecular flexibility index (Phi) is 4.83. The number of nitrogens with one attached hydrogen (secondary N) is 1. The molecule has 132 valence electrons. The molecule has 1 aliphatic carbocycles. The number of sulfonamides is 1. The van der Waals surface area contributed by atoms with Gasteiger partial charge in [0.2, 0.25) is 15.9 Å². The zero-order valence-electron chi connectivity index (χ0n) is 14.1. The van der Waals surface area contributed by atoms with Crippen LogP contribution in [0, 0.1) is 5.92 Å². The number of carbonyl (C=O) groups excluding carboxylic acids is 1. The Morgan fingerprint density at radius 3 is 2.58 bits per heavy atom. The van der Waals surface area contributed by atoms with Gasteiger partial charge < -0.3 is 9.32 Å². The molecule has 1 saturated heterocycles. The van der Waals surface area contributed by atoms with Crippen LogP contribution in [-0.2, 0) is 14.8 Å². The summed E-state index contributed by atoms with van der Waals surface area (Å²) in [6.45, 7) is 3.31. The van der Waals surface area contributed by atoms with Gasteiger partial charge in [-0.05, 0) is 43.4 Å². The predicted octanol–water partition coefficient (Wildman–Crippen LogP) is 1.96. The van der Waals surface area contributed by atoms with Crippen molar-refractivity contribution in [1.29, 1.82) is 0 Å². The van der Waals surface area contributed by atoms with Crippen LogP contribution in [0.25, 0.3) is 6.08 Å². The second-order valence-corrected chi connectivity index (χ2v) is 8.66. The van der Waals surface area contributed by atoms with E-state index in [1.54, 1.807) is 11.0 Å². The number of furan rings is 1. The highest BCUT2D eigenvalue weighted by Gasteiger charge is 2.36. The number of hydrogen-bond donors (Lipinski definition) is 1. The van der Waals surface area contributed by atoms with Crippen LogP contribution in [0.1, 0.15) is 43.6 Å². The van der Waals surface area contributed by atoms with E-state index in [4.69, 9.17) is 4.42 Å². The lowest BCUT2D eigenvalue weighted by Crippen LogP contribution is -2.45. The van der Waals surface area contributed by atoms with Crippen molar-refractivity contribution in [2.75, 3.05) is 19.3 Å². The van der Waals surface area contributed by atoms with Gasteiger partial charge in [-0.2, -0.15) is 0 Å². The topological polar surface area (TPSA) is 79.6 Å². The molecule has 2 unspecified atom stereocenters. The molecular formula is C17H24N2O4S. The van der Waals surface area contributed by atoms with E-state index in [1.165, 1.54) is 12.5 Å². The number of piperidine rings is 1. The van der Waals surface area contributed by atoms with E-state index in [1.807, 2.05) is 12.1 Å². The first-order valence-electron chi connectivity index (χ1n) is 8.36. The lowest BCUT2D eigenvalue weighted by atomic mass is 10.1. The Morgan fingerprint density at radius 2 is 2.00 bits per heavy atom. The second-order valence-electron chi connectivity index (χ2n) is 6.88. The zero-order valence-corrected chi connectivity index (χ0v) is 14.9. The summed E-state index contributed by atoms with van der Waals surface area (Å²) in [5.74, 6) is 2.86. The van der Waals surface area contributed by atoms with Crippen molar-refractivity contribution in [2.24, 2.45) is 5.92 Å². The van der Waals surface area contributed by atoms with E-state index < -0.39 is 10.0 Å². The lowest BCUT2D eigenvalue weighted by Gasteiger charge is -2.31. The van der Waals surface area contributed by atoms with E-state index in [9.17, 15) is 13.2 Å². The van der Waals surface area contributed by atoms with Gasteiger partial charge in [-0.1, -0.05) is 6.92 Å². The minimum Gasteiger partial charge on any atom is -0.461 e. The molecule has 7 heteroatoms. The van der Waals surface area contributed by atoms with Crippen molar-refractivity contribution in [3.8, 4) is 0 Å². The molecule has 1 aromatic heterocycles. The highest BCUT2D eigenvalue weighted by Crippen LogP contribution is 2.47. The van der Waals surface area contributed by atoms with Gasteiger partial charge in [0, 0.05) is 31.1 Å². The Hall–Kier alpha value is -1.60. The number of hydrogen-bond acceptors (Lipinski definition) is 4. The molecule has 0 aromatic carbocycles. The van der Waals surface area contributed by atoms with Crippen molar-refractivity contribution < 1.29 is 17.6 Å². The number of nitrogens with zero attached hydrogens (tertiary/aromatic N) is 1. The number of rotatable bonds is 5. The van der Waals surface area contributed by atoms with Crippen molar-refractivity contribution in [2.45, 2.75) is 38.1 Å². The highest BCUT2D eigenvalue weighted by atomic mass is 32.2. The van der Waals surface area contributed by atoms with Crippen LogP contribution < -0.4 is 4.72 Å². The van der Waals surface area contributed by atoms with E-state index in [-0.39, 0.29) is 11.9 Å². The van der Waals surface area contributed by atoms with Crippen molar-refractivity contribution >= 4 is 22.0 Å². The largest absolute Gasteiger partial charge is 0.461 e. The highest BCUT2D eigenvalue weighted by molar-refractivity contribution is 7.88. The molecule has 1 N–H and O–H groups in total. The standard InChI is InChI=1S/C17H24N2O4S/c1-12-11-15(12)16-5-3-14(23-16)4-6-17(20)19-9-7-13(8-10-19)18-24(2,21)22/h3-6,12-13,15,18H,7-11H2,1-2H3/b6-4+. The first-order valence-corrected chi connectivity index (χ1v) is 10.2. The summed E-state index contributed by atoms with van der Waals surface area (Å²) in [7, 11) is -3.19. The summed E-state index contributed by atoms with van der Waals surface area (Å²) >= 11 is 0. The third kappa shape index (κ3) is 4.48. The third-order valence-corrected chi connectivity index (χ3v) is 5.46. The quantitative estimate of drug-likeness (QED) is 0.822. The predicted molar refractivity (Wildman–Crippen MR) is 91.8 cm³/mol. The molecule has 0 radical (unpaired) electrons. The van der Waals surface area contributed by atoms with Gasteiger partial charge in [0.1, 0.15) is 11.5 Å².